The van der Waals surface area contributed by atoms with Crippen molar-refractivity contribution in [3.8, 4) is 0 Å². The number of hydrogen-bond acceptors (Lipinski definition) is 5. The molecule has 0 aromatic heterocycles. The van der Waals surface area contributed by atoms with Crippen LogP contribution < -0.4 is 5.32 Å². The highest BCUT2D eigenvalue weighted by atomic mass is 16.5. The van der Waals surface area contributed by atoms with Crippen molar-refractivity contribution in [2.75, 3.05) is 13.2 Å². The van der Waals surface area contributed by atoms with Gasteiger partial charge in [0.05, 0.1) is 25.4 Å². The third-order valence-electron chi connectivity index (χ3n) is 14.5. The number of amides is 1. The van der Waals surface area contributed by atoms with E-state index in [4.69, 9.17) is 4.74 Å². The summed E-state index contributed by atoms with van der Waals surface area (Å²) in [4.78, 5) is 24.5. The Bertz CT molecular complexity index is 1080. The normalized spacial score (nSPS) is 12.7. The quantitative estimate of drug-likeness (QED) is 0.0321. The van der Waals surface area contributed by atoms with Crippen LogP contribution in [0, 0.1) is 0 Å². The number of rotatable bonds is 58. The topological polar surface area (TPSA) is 95.9 Å². The zero-order valence-electron chi connectivity index (χ0n) is 46.6. The molecular weight excluding hydrogens is 851 g/mol. The number of aliphatic hydroxyl groups is 2. The lowest BCUT2D eigenvalue weighted by atomic mass is 10.0. The minimum Gasteiger partial charge on any atom is -0.466 e. The minimum atomic E-state index is -0.851. The average Bonchev–Trinajstić information content (AvgIpc) is 3.35. The summed E-state index contributed by atoms with van der Waals surface area (Å²) in [6.07, 6.45) is 72.1. The number of esters is 1. The van der Waals surface area contributed by atoms with E-state index in [-0.39, 0.29) is 18.5 Å². The molecule has 2 atom stereocenters. The zero-order chi connectivity index (χ0) is 50.0. The van der Waals surface area contributed by atoms with Crippen LogP contribution in [-0.2, 0) is 14.3 Å². The molecule has 2 unspecified atom stereocenters. The summed E-state index contributed by atoms with van der Waals surface area (Å²) in [5.74, 6) is -0.0695. The van der Waals surface area contributed by atoms with Crippen molar-refractivity contribution in [3.63, 3.8) is 0 Å². The first-order valence-corrected chi connectivity index (χ1v) is 31.1. The van der Waals surface area contributed by atoms with E-state index >= 15 is 0 Å². The van der Waals surface area contributed by atoms with Gasteiger partial charge in [-0.25, -0.2) is 0 Å². The van der Waals surface area contributed by atoms with Gasteiger partial charge in [-0.05, 0) is 57.8 Å². The highest BCUT2D eigenvalue weighted by Crippen LogP contribution is 2.17. The van der Waals surface area contributed by atoms with Gasteiger partial charge in [0.1, 0.15) is 0 Å². The van der Waals surface area contributed by atoms with E-state index in [1.54, 1.807) is 6.08 Å². The first kappa shape index (κ1) is 67.3. The fourth-order valence-corrected chi connectivity index (χ4v) is 9.69. The van der Waals surface area contributed by atoms with Crippen LogP contribution in [0.15, 0.2) is 24.3 Å². The molecule has 0 fully saturated rings. The highest BCUT2D eigenvalue weighted by Gasteiger charge is 2.18. The molecule has 69 heavy (non-hydrogen) atoms. The standard InChI is InChI=1S/C63H121NO5/c1-3-5-7-9-11-13-15-17-18-19-20-22-25-28-32-35-39-43-47-51-55-61(66)60(59-65)64-62(67)56-52-48-44-40-36-33-29-26-23-21-24-27-30-34-38-42-46-50-54-58-69-63(68)57-53-49-45-41-37-31-16-14-12-10-8-6-4-2/h21,23,51,55,60-61,65-66H,3-20,22,24-50,52-54,56-59H2,1-2H3,(H,64,67)/b23-21-,55-51+. The third kappa shape index (κ3) is 55.5. The van der Waals surface area contributed by atoms with E-state index in [1.807, 2.05) is 6.08 Å². The van der Waals surface area contributed by atoms with Crippen LogP contribution in [0.4, 0.5) is 0 Å². The number of carbonyl (C=O) groups is 2. The fourth-order valence-electron chi connectivity index (χ4n) is 9.69. The Hall–Kier alpha value is -1.66. The molecule has 1 amide bonds. The Morgan fingerprint density at radius 3 is 1.03 bits per heavy atom. The van der Waals surface area contributed by atoms with E-state index in [2.05, 4.69) is 31.3 Å². The predicted molar refractivity (Wildman–Crippen MR) is 301 cm³/mol. The van der Waals surface area contributed by atoms with Crippen molar-refractivity contribution in [1.82, 2.24) is 5.32 Å². The second-order valence-corrected chi connectivity index (χ2v) is 21.4. The van der Waals surface area contributed by atoms with Gasteiger partial charge in [0.2, 0.25) is 5.91 Å². The first-order chi connectivity index (χ1) is 34.0. The Labute approximate surface area is 431 Å². The second kappa shape index (κ2) is 58.9. The van der Waals surface area contributed by atoms with E-state index in [1.165, 1.54) is 263 Å². The molecule has 0 saturated carbocycles. The van der Waals surface area contributed by atoms with Crippen molar-refractivity contribution < 1.29 is 24.5 Å². The smallest absolute Gasteiger partial charge is 0.305 e. The maximum Gasteiger partial charge on any atom is 0.305 e. The van der Waals surface area contributed by atoms with Gasteiger partial charge in [-0.2, -0.15) is 0 Å². The second-order valence-electron chi connectivity index (χ2n) is 21.4. The monoisotopic (exact) mass is 972 g/mol. The Kier molecular flexibility index (Phi) is 57.5. The van der Waals surface area contributed by atoms with Crippen LogP contribution in [0.2, 0.25) is 0 Å². The molecule has 0 saturated heterocycles. The van der Waals surface area contributed by atoms with Crippen LogP contribution in [0.1, 0.15) is 341 Å². The zero-order valence-corrected chi connectivity index (χ0v) is 46.6. The van der Waals surface area contributed by atoms with Crippen LogP contribution >= 0.6 is 0 Å². The predicted octanol–water partition coefficient (Wildman–Crippen LogP) is 19.4. The van der Waals surface area contributed by atoms with Crippen molar-refractivity contribution in [1.29, 1.82) is 0 Å². The van der Waals surface area contributed by atoms with Gasteiger partial charge in [0, 0.05) is 12.8 Å². The maximum atomic E-state index is 12.5. The maximum absolute atomic E-state index is 12.5. The highest BCUT2D eigenvalue weighted by molar-refractivity contribution is 5.76. The largest absolute Gasteiger partial charge is 0.466 e. The molecule has 0 heterocycles. The fraction of sp³-hybridized carbons (Fsp3) is 0.905. The molecule has 3 N–H and O–H groups in total. The first-order valence-electron chi connectivity index (χ1n) is 31.1. The van der Waals surface area contributed by atoms with Gasteiger partial charge in [0.15, 0.2) is 0 Å². The van der Waals surface area contributed by atoms with Gasteiger partial charge in [0.25, 0.3) is 0 Å². The number of carbonyl (C=O) groups excluding carboxylic acids is 2. The number of ether oxygens (including phenoxy) is 1. The molecule has 0 aliphatic carbocycles. The lowest BCUT2D eigenvalue weighted by Crippen LogP contribution is -2.45. The summed E-state index contributed by atoms with van der Waals surface area (Å²) in [6, 6.07) is -0.635. The van der Waals surface area contributed by atoms with Crippen LogP contribution in [-0.4, -0.2) is 47.4 Å². The van der Waals surface area contributed by atoms with Crippen LogP contribution in [0.25, 0.3) is 0 Å². The minimum absolute atomic E-state index is 0.00517. The molecule has 0 radical (unpaired) electrons. The molecule has 0 aromatic carbocycles. The van der Waals surface area contributed by atoms with Crippen molar-refractivity contribution in [2.45, 2.75) is 353 Å². The SMILES string of the molecule is CCCCCCCCCCCCCCCCCCCC/C=C/C(O)C(CO)NC(=O)CCCCCCCCC/C=C\CCCCCCCCCCOC(=O)CCCCCCCCCCCCCCC. The summed E-state index contributed by atoms with van der Waals surface area (Å²) in [7, 11) is 0. The number of aliphatic hydroxyl groups excluding tert-OH is 2. The Balaban J connectivity index is 3.47. The molecule has 6 nitrogen and oxygen atoms in total. The Morgan fingerprint density at radius 1 is 0.391 bits per heavy atom. The Morgan fingerprint density at radius 2 is 0.681 bits per heavy atom. The number of nitrogens with one attached hydrogen (secondary N) is 1. The number of unbranched alkanes of at least 4 members (excludes halogenated alkanes) is 45. The molecule has 0 aliphatic heterocycles. The van der Waals surface area contributed by atoms with E-state index < -0.39 is 12.1 Å². The molecule has 0 spiro atoms. The molecule has 0 aromatic rings. The number of allylic oxidation sites excluding steroid dienone is 3. The van der Waals surface area contributed by atoms with Crippen LogP contribution in [0.3, 0.4) is 0 Å². The van der Waals surface area contributed by atoms with Crippen molar-refractivity contribution >= 4 is 11.9 Å². The molecule has 0 bridgehead atoms. The van der Waals surface area contributed by atoms with Crippen molar-refractivity contribution in [3.05, 3.63) is 24.3 Å². The third-order valence-corrected chi connectivity index (χ3v) is 14.5. The van der Waals surface area contributed by atoms with Crippen LogP contribution in [0.5, 0.6) is 0 Å². The van der Waals surface area contributed by atoms with Gasteiger partial charge in [-0.15, -0.1) is 0 Å². The van der Waals surface area contributed by atoms with Gasteiger partial charge in [-0.3, -0.25) is 9.59 Å². The summed E-state index contributed by atoms with van der Waals surface area (Å²) in [6.45, 7) is 4.92. The van der Waals surface area contributed by atoms with Gasteiger partial charge < -0.3 is 20.3 Å². The molecule has 408 valence electrons. The van der Waals surface area contributed by atoms with Crippen molar-refractivity contribution in [2.24, 2.45) is 0 Å². The summed E-state index contributed by atoms with van der Waals surface area (Å²) in [5.41, 5.74) is 0. The molecular formula is C63H121NO5. The molecule has 0 rings (SSSR count). The number of hydrogen-bond donors (Lipinski definition) is 3. The van der Waals surface area contributed by atoms with E-state index in [0.29, 0.717) is 19.4 Å². The average molecular weight is 973 g/mol. The van der Waals surface area contributed by atoms with Gasteiger partial charge in [-0.1, -0.05) is 295 Å². The lowest BCUT2D eigenvalue weighted by Gasteiger charge is -2.20. The molecule has 6 heteroatoms. The van der Waals surface area contributed by atoms with E-state index in [0.717, 1.165) is 51.4 Å². The molecule has 0 aliphatic rings. The van der Waals surface area contributed by atoms with Gasteiger partial charge >= 0.3 is 5.97 Å². The summed E-state index contributed by atoms with van der Waals surface area (Å²) < 4.78 is 5.47. The van der Waals surface area contributed by atoms with E-state index in [9.17, 15) is 19.8 Å². The lowest BCUT2D eigenvalue weighted by molar-refractivity contribution is -0.143. The summed E-state index contributed by atoms with van der Waals surface area (Å²) in [5, 5.41) is 23.2. The summed E-state index contributed by atoms with van der Waals surface area (Å²) >= 11 is 0.